The number of thioether (sulfide) groups is 1. The summed E-state index contributed by atoms with van der Waals surface area (Å²) in [5, 5.41) is 1.89. The lowest BCUT2D eigenvalue weighted by Gasteiger charge is -2.41. The number of carbonyl (C=O) groups is 1. The maximum Gasteiger partial charge on any atom is 0.418 e. The van der Waals surface area contributed by atoms with E-state index in [1.54, 1.807) is 4.57 Å². The quantitative estimate of drug-likeness (QED) is 0.417. The fourth-order valence-corrected chi connectivity index (χ4v) is 6.49. The van der Waals surface area contributed by atoms with Crippen LogP contribution in [0, 0.1) is 12.8 Å². The summed E-state index contributed by atoms with van der Waals surface area (Å²) in [6, 6.07) is 5.03. The Morgan fingerprint density at radius 3 is 2.62 bits per heavy atom. The third-order valence-corrected chi connectivity index (χ3v) is 8.51. The molecule has 4 rings (SSSR count). The zero-order valence-electron chi connectivity index (χ0n) is 21.9. The first-order valence-corrected chi connectivity index (χ1v) is 14.3. The molecular weight excluding hydrogens is 440 g/mol. The molecule has 34 heavy (non-hydrogen) atoms. The Morgan fingerprint density at radius 2 is 1.97 bits per heavy atom. The van der Waals surface area contributed by atoms with Gasteiger partial charge >= 0.3 is 6.09 Å². The summed E-state index contributed by atoms with van der Waals surface area (Å²) in [5.41, 5.74) is 4.41. The molecule has 4 nitrogen and oxygen atoms in total. The van der Waals surface area contributed by atoms with E-state index in [9.17, 15) is 4.79 Å². The fraction of sp³-hybridized carbons (Fsp3) is 0.621. The average Bonchev–Trinajstić information content (AvgIpc) is 3.26. The lowest BCUT2D eigenvalue weighted by Crippen LogP contribution is -2.44. The molecule has 5 heteroatoms. The molecule has 0 bridgehead atoms. The van der Waals surface area contributed by atoms with E-state index in [1.165, 1.54) is 48.6 Å². The van der Waals surface area contributed by atoms with Crippen LogP contribution in [0.4, 0.5) is 4.79 Å². The van der Waals surface area contributed by atoms with Gasteiger partial charge in [0.15, 0.2) is 0 Å². The maximum absolute atomic E-state index is 13.0. The molecule has 2 heterocycles. The summed E-state index contributed by atoms with van der Waals surface area (Å²) in [6.45, 7) is 12.2. The molecule has 2 unspecified atom stereocenters. The molecule has 0 amide bonds. The first-order chi connectivity index (χ1) is 16.2. The molecule has 1 aromatic heterocycles. The van der Waals surface area contributed by atoms with Crippen LogP contribution in [0.3, 0.4) is 0 Å². The van der Waals surface area contributed by atoms with Crippen LogP contribution in [0.1, 0.15) is 76.5 Å². The van der Waals surface area contributed by atoms with Gasteiger partial charge in [0.05, 0.1) is 5.52 Å². The normalized spacial score (nSPS) is 24.0. The van der Waals surface area contributed by atoms with Gasteiger partial charge in [0, 0.05) is 29.4 Å². The van der Waals surface area contributed by atoms with Crippen LogP contribution in [0.15, 0.2) is 30.5 Å². The molecule has 0 saturated carbocycles. The van der Waals surface area contributed by atoms with Crippen molar-refractivity contribution in [2.75, 3.05) is 12.8 Å². The minimum atomic E-state index is -0.516. The van der Waals surface area contributed by atoms with Gasteiger partial charge in [-0.15, -0.1) is 0 Å². The Bertz CT molecular complexity index is 1050. The van der Waals surface area contributed by atoms with E-state index in [1.807, 2.05) is 38.7 Å². The van der Waals surface area contributed by atoms with Crippen LogP contribution < -0.4 is 0 Å². The Hall–Kier alpha value is -1.72. The van der Waals surface area contributed by atoms with Crippen LogP contribution in [-0.4, -0.2) is 45.3 Å². The highest BCUT2D eigenvalue weighted by Crippen LogP contribution is 2.36. The summed E-state index contributed by atoms with van der Waals surface area (Å²) >= 11 is 1.97. The van der Waals surface area contributed by atoms with Gasteiger partial charge < -0.3 is 4.74 Å². The zero-order valence-corrected chi connectivity index (χ0v) is 22.7. The molecule has 2 aromatic rings. The van der Waals surface area contributed by atoms with Crippen molar-refractivity contribution < 1.29 is 9.53 Å². The number of hydrogen-bond donors (Lipinski definition) is 0. The van der Waals surface area contributed by atoms with Crippen LogP contribution in [-0.2, 0) is 17.7 Å². The van der Waals surface area contributed by atoms with Crippen molar-refractivity contribution in [2.24, 2.45) is 5.92 Å². The Morgan fingerprint density at radius 1 is 1.18 bits per heavy atom. The molecule has 1 aliphatic heterocycles. The molecular formula is C29H42N2O2S. The maximum atomic E-state index is 13.0. The Kier molecular flexibility index (Phi) is 7.83. The van der Waals surface area contributed by atoms with E-state index >= 15 is 0 Å². The summed E-state index contributed by atoms with van der Waals surface area (Å²) in [5.74, 6) is 0.654. The van der Waals surface area contributed by atoms with E-state index in [-0.39, 0.29) is 6.09 Å². The largest absolute Gasteiger partial charge is 0.443 e. The number of ether oxygens (including phenoxy) is 1. The number of aromatic nitrogens is 1. The number of nitrogens with zero attached hydrogens (tertiary/aromatic N) is 2. The number of piperidine rings is 1. The van der Waals surface area contributed by atoms with Gasteiger partial charge in [-0.1, -0.05) is 31.6 Å². The SMILES string of the molecule is CCc1cc(C)c2c(ccn2C(=O)OC(C)(C)C)c1CN1CCCCC1[C@@H]1C=CC(SC)CC1. The Balaban J connectivity index is 1.67. The summed E-state index contributed by atoms with van der Waals surface area (Å²) in [7, 11) is 0. The van der Waals surface area contributed by atoms with E-state index in [4.69, 9.17) is 4.74 Å². The molecule has 0 N–H and O–H groups in total. The molecule has 1 aliphatic carbocycles. The molecule has 0 spiro atoms. The average molecular weight is 483 g/mol. The highest BCUT2D eigenvalue weighted by atomic mass is 32.2. The highest BCUT2D eigenvalue weighted by Gasteiger charge is 2.31. The second-order valence-electron chi connectivity index (χ2n) is 11.0. The number of rotatable bonds is 5. The van der Waals surface area contributed by atoms with Gasteiger partial charge in [-0.05, 0) is 101 Å². The van der Waals surface area contributed by atoms with Crippen LogP contribution in [0.5, 0.6) is 0 Å². The van der Waals surface area contributed by atoms with Gasteiger partial charge in [0.25, 0.3) is 0 Å². The van der Waals surface area contributed by atoms with Crippen molar-refractivity contribution in [3.8, 4) is 0 Å². The van der Waals surface area contributed by atoms with Crippen molar-refractivity contribution in [1.82, 2.24) is 9.47 Å². The number of likely N-dealkylation sites (tertiary alicyclic amines) is 1. The van der Waals surface area contributed by atoms with Gasteiger partial charge in [0.2, 0.25) is 0 Å². The zero-order chi connectivity index (χ0) is 24.5. The minimum Gasteiger partial charge on any atom is -0.443 e. The molecule has 1 aromatic carbocycles. The first kappa shape index (κ1) is 25.4. The number of aryl methyl sites for hydroxylation is 2. The number of benzene rings is 1. The molecule has 0 radical (unpaired) electrons. The summed E-state index contributed by atoms with van der Waals surface area (Å²) in [6.07, 6.45) is 16.3. The van der Waals surface area contributed by atoms with E-state index in [0.29, 0.717) is 17.2 Å². The lowest BCUT2D eigenvalue weighted by atomic mass is 9.83. The highest BCUT2D eigenvalue weighted by molar-refractivity contribution is 7.99. The van der Waals surface area contributed by atoms with Crippen molar-refractivity contribution in [2.45, 2.75) is 96.6 Å². The molecule has 1 fully saturated rings. The van der Waals surface area contributed by atoms with Gasteiger partial charge in [-0.2, -0.15) is 11.8 Å². The summed E-state index contributed by atoms with van der Waals surface area (Å²) < 4.78 is 7.42. The van der Waals surface area contributed by atoms with E-state index in [0.717, 1.165) is 30.6 Å². The Labute approximate surface area is 210 Å². The lowest BCUT2D eigenvalue weighted by molar-refractivity contribution is 0.0544. The number of hydrogen-bond acceptors (Lipinski definition) is 4. The molecule has 3 atom stereocenters. The van der Waals surface area contributed by atoms with Crippen molar-refractivity contribution in [3.05, 3.63) is 47.2 Å². The molecule has 186 valence electrons. The van der Waals surface area contributed by atoms with Gasteiger partial charge in [-0.25, -0.2) is 4.79 Å². The van der Waals surface area contributed by atoms with Gasteiger partial charge in [-0.3, -0.25) is 9.47 Å². The van der Waals surface area contributed by atoms with Crippen molar-refractivity contribution in [1.29, 1.82) is 0 Å². The summed E-state index contributed by atoms with van der Waals surface area (Å²) in [4.78, 5) is 15.7. The number of carbonyl (C=O) groups excluding carboxylic acids is 1. The van der Waals surface area contributed by atoms with Crippen LogP contribution in [0.2, 0.25) is 0 Å². The van der Waals surface area contributed by atoms with Gasteiger partial charge in [0.1, 0.15) is 5.60 Å². The third-order valence-electron chi connectivity index (χ3n) is 7.51. The fourth-order valence-electron chi connectivity index (χ4n) is 5.87. The predicted octanol–water partition coefficient (Wildman–Crippen LogP) is 7.35. The first-order valence-electron chi connectivity index (χ1n) is 13.0. The van der Waals surface area contributed by atoms with Crippen LogP contribution >= 0.6 is 11.8 Å². The topological polar surface area (TPSA) is 34.5 Å². The van der Waals surface area contributed by atoms with E-state index < -0.39 is 5.60 Å². The molecule has 1 saturated heterocycles. The smallest absolute Gasteiger partial charge is 0.418 e. The second kappa shape index (κ2) is 10.5. The van der Waals surface area contributed by atoms with Crippen molar-refractivity contribution in [3.63, 3.8) is 0 Å². The number of fused-ring (bicyclic) bond motifs is 1. The molecule has 2 aliphatic rings. The standard InChI is InChI=1S/C29H42N2O2S/c1-7-21-18-20(2)27-24(15-17-31(27)28(32)33-29(3,4)5)25(21)19-30-16-9-8-10-26(30)22-11-13-23(34-6)14-12-22/h11,13,15,17-18,22-23,26H,7-10,12,14,16,19H2,1-6H3/t22-,23?,26?/m1/s1. The van der Waals surface area contributed by atoms with Crippen LogP contribution in [0.25, 0.3) is 10.9 Å². The monoisotopic (exact) mass is 482 g/mol. The third kappa shape index (κ3) is 5.41. The predicted molar refractivity (Wildman–Crippen MR) is 145 cm³/mol. The minimum absolute atomic E-state index is 0.299. The van der Waals surface area contributed by atoms with E-state index in [2.05, 4.69) is 49.3 Å². The van der Waals surface area contributed by atoms with Crippen molar-refractivity contribution >= 4 is 28.8 Å². The second-order valence-corrected chi connectivity index (χ2v) is 12.1.